The van der Waals surface area contributed by atoms with E-state index in [4.69, 9.17) is 0 Å². The predicted molar refractivity (Wildman–Crippen MR) is 117 cm³/mol. The zero-order valence-corrected chi connectivity index (χ0v) is 19.3. The van der Waals surface area contributed by atoms with E-state index in [0.717, 1.165) is 45.3 Å². The van der Waals surface area contributed by atoms with Crippen LogP contribution >= 0.6 is 0 Å². The minimum absolute atomic E-state index is 0.189. The third kappa shape index (κ3) is 5.74. The Bertz CT molecular complexity index is 576. The molecule has 166 valence electrons. The molecule has 3 aliphatic rings. The van der Waals surface area contributed by atoms with Gasteiger partial charge in [0.1, 0.15) is 0 Å². The van der Waals surface area contributed by atoms with Crippen LogP contribution in [0.3, 0.4) is 0 Å². The molecule has 0 radical (unpaired) electrons. The molecule has 3 rings (SSSR count). The summed E-state index contributed by atoms with van der Waals surface area (Å²) >= 11 is 0. The zero-order valence-electron chi connectivity index (χ0n) is 19.3. The van der Waals surface area contributed by atoms with Gasteiger partial charge in [-0.15, -0.1) is 0 Å². The Balaban J connectivity index is 1.76. The van der Waals surface area contributed by atoms with Crippen LogP contribution in [0, 0.1) is 23.7 Å². The van der Waals surface area contributed by atoms with E-state index in [9.17, 15) is 9.59 Å². The van der Waals surface area contributed by atoms with E-state index in [0.29, 0.717) is 54.5 Å². The Morgan fingerprint density at radius 2 is 1.76 bits per heavy atom. The lowest BCUT2D eigenvalue weighted by molar-refractivity contribution is -0.142. The van der Waals surface area contributed by atoms with Crippen LogP contribution < -0.4 is 5.32 Å². The summed E-state index contributed by atoms with van der Waals surface area (Å²) < 4.78 is 0. The summed E-state index contributed by atoms with van der Waals surface area (Å²) in [5.41, 5.74) is 0. The van der Waals surface area contributed by atoms with Crippen LogP contribution in [0.2, 0.25) is 0 Å². The fourth-order valence-electron chi connectivity index (χ4n) is 5.77. The number of likely N-dealkylation sites (tertiary alicyclic amines) is 1. The second kappa shape index (κ2) is 9.80. The summed E-state index contributed by atoms with van der Waals surface area (Å²) in [6.45, 7) is 14.3. The fourth-order valence-corrected chi connectivity index (χ4v) is 5.77. The first-order valence-electron chi connectivity index (χ1n) is 12.1. The number of carbonyl (C=O) groups excluding carboxylic acids is 2. The molecule has 0 aliphatic carbocycles. The lowest BCUT2D eigenvalue weighted by Gasteiger charge is -2.52. The van der Waals surface area contributed by atoms with E-state index in [1.165, 1.54) is 6.42 Å². The Morgan fingerprint density at radius 1 is 1.00 bits per heavy atom. The molecule has 5 heteroatoms. The van der Waals surface area contributed by atoms with E-state index in [1.54, 1.807) is 0 Å². The number of rotatable bonds is 2. The second-order valence-corrected chi connectivity index (χ2v) is 10.7. The van der Waals surface area contributed by atoms with Gasteiger partial charge >= 0.3 is 0 Å². The minimum atomic E-state index is 0.189. The number of nitrogens with one attached hydrogen (secondary N) is 1. The molecule has 3 fully saturated rings. The maximum atomic E-state index is 13.3. The van der Waals surface area contributed by atoms with Gasteiger partial charge in [0, 0.05) is 50.6 Å². The van der Waals surface area contributed by atoms with Gasteiger partial charge in [0.25, 0.3) is 0 Å². The van der Waals surface area contributed by atoms with Crippen molar-refractivity contribution in [3.05, 3.63) is 0 Å². The van der Waals surface area contributed by atoms with Crippen LogP contribution in [0.1, 0.15) is 79.6 Å². The van der Waals surface area contributed by atoms with Crippen LogP contribution in [0.5, 0.6) is 0 Å². The van der Waals surface area contributed by atoms with Gasteiger partial charge in [0.15, 0.2) is 0 Å². The smallest absolute Gasteiger partial charge is 0.223 e. The molecule has 5 atom stereocenters. The van der Waals surface area contributed by atoms with Gasteiger partial charge in [-0.3, -0.25) is 9.59 Å². The summed E-state index contributed by atoms with van der Waals surface area (Å²) in [7, 11) is 0. The summed E-state index contributed by atoms with van der Waals surface area (Å²) in [5, 5.41) is 3.28. The molecule has 0 unspecified atom stereocenters. The maximum absolute atomic E-state index is 13.3. The molecular weight excluding hydrogens is 362 g/mol. The lowest BCUT2D eigenvalue weighted by Crippen LogP contribution is -2.60. The maximum Gasteiger partial charge on any atom is 0.223 e. The largest absolute Gasteiger partial charge is 0.353 e. The van der Waals surface area contributed by atoms with Gasteiger partial charge in [-0.25, -0.2) is 0 Å². The van der Waals surface area contributed by atoms with Crippen LogP contribution in [-0.2, 0) is 9.59 Å². The Labute approximate surface area is 178 Å². The Hall–Kier alpha value is -1.10. The molecule has 0 spiro atoms. The van der Waals surface area contributed by atoms with Crippen molar-refractivity contribution in [3.63, 3.8) is 0 Å². The molecule has 3 saturated heterocycles. The van der Waals surface area contributed by atoms with Gasteiger partial charge in [-0.1, -0.05) is 20.8 Å². The van der Waals surface area contributed by atoms with Crippen molar-refractivity contribution in [2.45, 2.75) is 97.7 Å². The molecule has 2 bridgehead atoms. The number of nitrogens with zero attached hydrogens (tertiary/aromatic N) is 2. The molecule has 3 heterocycles. The average Bonchev–Trinajstić information content (AvgIpc) is 2.66. The predicted octanol–water partition coefficient (Wildman–Crippen LogP) is 3.67. The SMILES string of the molecule is CC(C)[C@@H]1CC[C@@H](C)CC(=O)N2C[C@H]3C[C@H](CN(C(C)C)C3)[C@@H]2CCCC(=O)N1. The number of hydrogen-bond donors (Lipinski definition) is 1. The van der Waals surface area contributed by atoms with Crippen LogP contribution in [0.4, 0.5) is 0 Å². The number of fused-ring (bicyclic) bond motifs is 4. The van der Waals surface area contributed by atoms with Crippen LogP contribution in [0.25, 0.3) is 0 Å². The summed E-state index contributed by atoms with van der Waals surface area (Å²) in [4.78, 5) is 30.7. The fraction of sp³-hybridized carbons (Fsp3) is 0.917. The first-order chi connectivity index (χ1) is 13.7. The standard InChI is InChI=1S/C24H43N3O2/c1-16(2)21-10-9-18(5)11-24(29)27-14-19-12-20(15-26(13-19)17(3)4)22(27)7-6-8-23(28)25-21/h16-22H,6-15H2,1-5H3,(H,25,28)/t18-,19+,20-,21+,22+/m1/s1. The highest BCUT2D eigenvalue weighted by atomic mass is 16.2. The minimum Gasteiger partial charge on any atom is -0.353 e. The van der Waals surface area contributed by atoms with E-state index < -0.39 is 0 Å². The normalized spacial score (nSPS) is 35.6. The zero-order chi connectivity index (χ0) is 21.1. The second-order valence-electron chi connectivity index (χ2n) is 10.7. The lowest BCUT2D eigenvalue weighted by atomic mass is 9.77. The molecule has 0 aromatic rings. The van der Waals surface area contributed by atoms with Crippen molar-refractivity contribution < 1.29 is 9.59 Å². The highest BCUT2D eigenvalue weighted by Crippen LogP contribution is 2.37. The molecule has 5 nitrogen and oxygen atoms in total. The monoisotopic (exact) mass is 405 g/mol. The van der Waals surface area contributed by atoms with E-state index >= 15 is 0 Å². The van der Waals surface area contributed by atoms with Crippen molar-refractivity contribution in [1.82, 2.24) is 15.1 Å². The first-order valence-corrected chi connectivity index (χ1v) is 12.1. The summed E-state index contributed by atoms with van der Waals surface area (Å²) in [6, 6.07) is 1.10. The molecule has 1 N–H and O–H groups in total. The Morgan fingerprint density at radius 3 is 2.45 bits per heavy atom. The van der Waals surface area contributed by atoms with Gasteiger partial charge in [0.05, 0.1) is 0 Å². The van der Waals surface area contributed by atoms with Crippen LogP contribution in [0.15, 0.2) is 0 Å². The van der Waals surface area contributed by atoms with Crippen molar-refractivity contribution in [1.29, 1.82) is 0 Å². The average molecular weight is 406 g/mol. The van der Waals surface area contributed by atoms with Gasteiger partial charge in [-0.05, 0) is 69.6 Å². The van der Waals surface area contributed by atoms with Crippen molar-refractivity contribution >= 4 is 11.8 Å². The molecule has 29 heavy (non-hydrogen) atoms. The quantitative estimate of drug-likeness (QED) is 0.762. The third-order valence-electron chi connectivity index (χ3n) is 7.60. The number of hydrogen-bond acceptors (Lipinski definition) is 3. The van der Waals surface area contributed by atoms with Crippen LogP contribution in [-0.4, -0.2) is 59.4 Å². The van der Waals surface area contributed by atoms with Gasteiger partial charge in [-0.2, -0.15) is 0 Å². The molecule has 0 aromatic heterocycles. The molecular formula is C24H43N3O2. The first kappa shape index (κ1) is 22.6. The van der Waals surface area contributed by atoms with Gasteiger partial charge < -0.3 is 15.1 Å². The third-order valence-corrected chi connectivity index (χ3v) is 7.60. The number of carbonyl (C=O) groups is 2. The van der Waals surface area contributed by atoms with Crippen molar-refractivity contribution in [3.8, 4) is 0 Å². The van der Waals surface area contributed by atoms with Crippen molar-refractivity contribution in [2.75, 3.05) is 19.6 Å². The molecule has 2 amide bonds. The number of piperidine rings is 2. The Kier molecular flexibility index (Phi) is 7.63. The highest BCUT2D eigenvalue weighted by molar-refractivity contribution is 5.77. The highest BCUT2D eigenvalue weighted by Gasteiger charge is 2.43. The molecule has 0 aromatic carbocycles. The summed E-state index contributed by atoms with van der Waals surface area (Å²) in [5.74, 6) is 2.51. The van der Waals surface area contributed by atoms with E-state index in [-0.39, 0.29) is 11.9 Å². The topological polar surface area (TPSA) is 52.7 Å². The number of amides is 2. The van der Waals surface area contributed by atoms with Crippen molar-refractivity contribution in [2.24, 2.45) is 23.7 Å². The summed E-state index contributed by atoms with van der Waals surface area (Å²) in [6.07, 6.45) is 6.29. The van der Waals surface area contributed by atoms with E-state index in [1.807, 2.05) is 0 Å². The van der Waals surface area contributed by atoms with Gasteiger partial charge in [0.2, 0.25) is 11.8 Å². The molecule has 3 aliphatic heterocycles. The van der Waals surface area contributed by atoms with E-state index in [2.05, 4.69) is 49.7 Å². The molecule has 0 saturated carbocycles.